The molecular weight excluding hydrogens is 250 g/mol. The van der Waals surface area contributed by atoms with Crippen molar-refractivity contribution >= 4 is 11.6 Å². The third kappa shape index (κ3) is 6.40. The lowest BCUT2D eigenvalue weighted by Gasteiger charge is -2.07. The van der Waals surface area contributed by atoms with Gasteiger partial charge < -0.3 is 10.4 Å². The molecule has 1 rings (SSSR count). The van der Waals surface area contributed by atoms with Crippen LogP contribution in [0.2, 0.25) is 0 Å². The number of benzene rings is 1. The fourth-order valence-corrected chi connectivity index (χ4v) is 1.91. The van der Waals surface area contributed by atoms with Crippen LogP contribution in [0.3, 0.4) is 0 Å². The Kier molecular flexibility index (Phi) is 7.46. The summed E-state index contributed by atoms with van der Waals surface area (Å²) < 4.78 is 0. The Labute approximate surface area is 121 Å². The summed E-state index contributed by atoms with van der Waals surface area (Å²) in [5.41, 5.74) is 2.71. The molecule has 0 aliphatic rings. The van der Waals surface area contributed by atoms with Crippen molar-refractivity contribution in [1.82, 2.24) is 0 Å². The van der Waals surface area contributed by atoms with E-state index in [4.69, 9.17) is 5.11 Å². The first-order valence-corrected chi connectivity index (χ1v) is 7.17. The third-order valence-electron chi connectivity index (χ3n) is 2.84. The highest BCUT2D eigenvalue weighted by atomic mass is 16.2. The van der Waals surface area contributed by atoms with Gasteiger partial charge in [-0.25, -0.2) is 0 Å². The van der Waals surface area contributed by atoms with Gasteiger partial charge in [-0.3, -0.25) is 4.79 Å². The van der Waals surface area contributed by atoms with Gasteiger partial charge in [0.2, 0.25) is 5.91 Å². The Bertz CT molecular complexity index is 497. The molecule has 0 fully saturated rings. The molecule has 3 heteroatoms. The summed E-state index contributed by atoms with van der Waals surface area (Å²) in [7, 11) is 0. The minimum atomic E-state index is 0.0540. The van der Waals surface area contributed by atoms with E-state index in [-0.39, 0.29) is 12.5 Å². The molecule has 0 unspecified atom stereocenters. The molecule has 1 aromatic rings. The summed E-state index contributed by atoms with van der Waals surface area (Å²) >= 11 is 0. The average Bonchev–Trinajstić information content (AvgIpc) is 2.38. The lowest BCUT2D eigenvalue weighted by Crippen LogP contribution is -2.11. The molecule has 20 heavy (non-hydrogen) atoms. The van der Waals surface area contributed by atoms with Gasteiger partial charge in [0.25, 0.3) is 0 Å². The maximum Gasteiger partial charge on any atom is 0.224 e. The maximum atomic E-state index is 11.8. The second kappa shape index (κ2) is 9.17. The topological polar surface area (TPSA) is 49.3 Å². The Morgan fingerprint density at radius 2 is 2.10 bits per heavy atom. The van der Waals surface area contributed by atoms with Crippen LogP contribution in [0.4, 0.5) is 5.69 Å². The molecule has 0 aliphatic carbocycles. The number of aliphatic hydroxyl groups excluding tert-OH is 1. The fourth-order valence-electron chi connectivity index (χ4n) is 1.91. The normalized spacial score (nSPS) is 9.75. The van der Waals surface area contributed by atoms with Crippen molar-refractivity contribution in [2.45, 2.75) is 46.0 Å². The minimum absolute atomic E-state index is 0.0540. The fraction of sp³-hybridized carbons (Fsp3) is 0.471. The maximum absolute atomic E-state index is 11.8. The molecule has 0 saturated carbocycles. The third-order valence-corrected chi connectivity index (χ3v) is 2.84. The van der Waals surface area contributed by atoms with Gasteiger partial charge in [0, 0.05) is 24.1 Å². The van der Waals surface area contributed by atoms with Crippen LogP contribution >= 0.6 is 0 Å². The monoisotopic (exact) mass is 273 g/mol. The van der Waals surface area contributed by atoms with Gasteiger partial charge in [-0.15, -0.1) is 0 Å². The van der Waals surface area contributed by atoms with Gasteiger partial charge in [0.1, 0.15) is 0 Å². The summed E-state index contributed by atoms with van der Waals surface area (Å²) in [6.07, 6.45) is 4.15. The van der Waals surface area contributed by atoms with Crippen LogP contribution in [-0.2, 0) is 4.79 Å². The predicted molar refractivity (Wildman–Crippen MR) is 82.5 cm³/mol. The Morgan fingerprint density at radius 1 is 1.30 bits per heavy atom. The van der Waals surface area contributed by atoms with Crippen molar-refractivity contribution in [3.05, 3.63) is 29.3 Å². The summed E-state index contributed by atoms with van der Waals surface area (Å²) in [5.74, 6) is 5.93. The van der Waals surface area contributed by atoms with Gasteiger partial charge in [0.15, 0.2) is 0 Å². The first kappa shape index (κ1) is 16.3. The van der Waals surface area contributed by atoms with Crippen LogP contribution in [0, 0.1) is 18.8 Å². The highest BCUT2D eigenvalue weighted by molar-refractivity contribution is 5.90. The second-order valence-corrected chi connectivity index (χ2v) is 4.87. The second-order valence-electron chi connectivity index (χ2n) is 4.87. The van der Waals surface area contributed by atoms with Crippen molar-refractivity contribution in [3.8, 4) is 11.8 Å². The summed E-state index contributed by atoms with van der Waals surface area (Å²) in [6.45, 7) is 4.17. The zero-order valence-corrected chi connectivity index (χ0v) is 12.3. The van der Waals surface area contributed by atoms with E-state index in [1.165, 1.54) is 0 Å². The van der Waals surface area contributed by atoms with Crippen molar-refractivity contribution < 1.29 is 9.90 Å². The lowest BCUT2D eigenvalue weighted by molar-refractivity contribution is -0.116. The molecule has 0 radical (unpaired) electrons. The quantitative estimate of drug-likeness (QED) is 0.617. The average molecular weight is 273 g/mol. The van der Waals surface area contributed by atoms with E-state index < -0.39 is 0 Å². The molecule has 0 aliphatic heterocycles. The Balaban J connectivity index is 2.66. The molecule has 0 bridgehead atoms. The summed E-state index contributed by atoms with van der Waals surface area (Å²) in [5, 5.41) is 11.6. The molecule has 0 heterocycles. The number of amides is 1. The van der Waals surface area contributed by atoms with Crippen LogP contribution in [0.5, 0.6) is 0 Å². The van der Waals surface area contributed by atoms with E-state index in [1.807, 2.05) is 25.1 Å². The van der Waals surface area contributed by atoms with Gasteiger partial charge in [-0.1, -0.05) is 31.6 Å². The SMILES string of the molecule is CCCCCC(=O)Nc1cc(C)cc(C#CCCO)c1. The molecule has 108 valence electrons. The van der Waals surface area contributed by atoms with E-state index >= 15 is 0 Å². The Hall–Kier alpha value is -1.79. The van der Waals surface area contributed by atoms with E-state index in [1.54, 1.807) is 0 Å². The van der Waals surface area contributed by atoms with Gasteiger partial charge in [-0.05, 0) is 37.1 Å². The molecule has 0 aromatic heterocycles. The molecular formula is C17H23NO2. The number of unbranched alkanes of at least 4 members (excludes halogenated alkanes) is 2. The first-order valence-electron chi connectivity index (χ1n) is 7.17. The van der Waals surface area contributed by atoms with Crippen molar-refractivity contribution in [2.24, 2.45) is 0 Å². The number of hydrogen-bond acceptors (Lipinski definition) is 2. The van der Waals surface area contributed by atoms with Crippen molar-refractivity contribution in [2.75, 3.05) is 11.9 Å². The van der Waals surface area contributed by atoms with Crippen LogP contribution in [-0.4, -0.2) is 17.6 Å². The van der Waals surface area contributed by atoms with Crippen LogP contribution in [0.25, 0.3) is 0 Å². The Morgan fingerprint density at radius 3 is 2.80 bits per heavy atom. The van der Waals surface area contributed by atoms with E-state index in [2.05, 4.69) is 24.1 Å². The zero-order chi connectivity index (χ0) is 14.8. The van der Waals surface area contributed by atoms with Crippen molar-refractivity contribution in [1.29, 1.82) is 0 Å². The van der Waals surface area contributed by atoms with Crippen molar-refractivity contribution in [3.63, 3.8) is 0 Å². The van der Waals surface area contributed by atoms with Crippen LogP contribution in [0.1, 0.15) is 50.2 Å². The summed E-state index contributed by atoms with van der Waals surface area (Å²) in [6, 6.07) is 5.78. The standard InChI is InChI=1S/C17H23NO2/c1-3-4-5-9-17(20)18-16-12-14(2)11-15(13-16)8-6-7-10-19/h11-13,19H,3-5,7,9-10H2,1-2H3,(H,18,20). The van der Waals surface area contributed by atoms with Gasteiger partial charge in [0.05, 0.1) is 6.61 Å². The number of carbonyl (C=O) groups is 1. The predicted octanol–water partition coefficient (Wildman–Crippen LogP) is 3.25. The zero-order valence-electron chi connectivity index (χ0n) is 12.3. The number of aliphatic hydroxyl groups is 1. The van der Waals surface area contributed by atoms with E-state index in [9.17, 15) is 4.79 Å². The minimum Gasteiger partial charge on any atom is -0.395 e. The molecule has 2 N–H and O–H groups in total. The molecule has 1 aromatic carbocycles. The highest BCUT2D eigenvalue weighted by Gasteiger charge is 2.03. The van der Waals surface area contributed by atoms with E-state index in [0.29, 0.717) is 12.8 Å². The van der Waals surface area contributed by atoms with Crippen LogP contribution in [0.15, 0.2) is 18.2 Å². The lowest BCUT2D eigenvalue weighted by atomic mass is 10.1. The van der Waals surface area contributed by atoms with E-state index in [0.717, 1.165) is 36.1 Å². The number of anilines is 1. The smallest absolute Gasteiger partial charge is 0.224 e. The van der Waals surface area contributed by atoms with Gasteiger partial charge >= 0.3 is 0 Å². The molecule has 3 nitrogen and oxygen atoms in total. The highest BCUT2D eigenvalue weighted by Crippen LogP contribution is 2.14. The largest absolute Gasteiger partial charge is 0.395 e. The molecule has 0 saturated heterocycles. The number of aryl methyl sites for hydroxylation is 1. The summed E-state index contributed by atoms with van der Waals surface area (Å²) in [4.78, 5) is 11.8. The van der Waals surface area contributed by atoms with Crippen LogP contribution < -0.4 is 5.32 Å². The molecule has 0 spiro atoms. The number of rotatable bonds is 6. The number of hydrogen-bond donors (Lipinski definition) is 2. The molecule has 1 amide bonds. The number of nitrogens with one attached hydrogen (secondary N) is 1. The first-order chi connectivity index (χ1) is 9.65. The molecule has 0 atom stereocenters. The number of carbonyl (C=O) groups excluding carboxylic acids is 1. The van der Waals surface area contributed by atoms with Gasteiger partial charge in [-0.2, -0.15) is 0 Å².